The Balaban J connectivity index is 1.81. The van der Waals surface area contributed by atoms with E-state index in [1.54, 1.807) is 11.9 Å². The Morgan fingerprint density at radius 2 is 2.14 bits per heavy atom. The van der Waals surface area contributed by atoms with Gasteiger partial charge in [-0.3, -0.25) is 9.59 Å². The van der Waals surface area contributed by atoms with Gasteiger partial charge < -0.3 is 15.0 Å². The number of benzene rings is 1. The van der Waals surface area contributed by atoms with Crippen LogP contribution in [0.15, 0.2) is 24.3 Å². The molecule has 1 aromatic carbocycles. The fourth-order valence-electron chi connectivity index (χ4n) is 2.59. The molecule has 0 saturated carbocycles. The first-order valence-electron chi connectivity index (χ1n) is 7.25. The third kappa shape index (κ3) is 3.97. The Kier molecular flexibility index (Phi) is 5.20. The first kappa shape index (κ1) is 15.4. The lowest BCUT2D eigenvalue weighted by Gasteiger charge is -2.19. The molecule has 0 saturated heterocycles. The van der Waals surface area contributed by atoms with Crippen molar-refractivity contribution in [3.63, 3.8) is 0 Å². The lowest BCUT2D eigenvalue weighted by molar-refractivity contribution is -0.141. The largest absolute Gasteiger partial charge is 0.469 e. The smallest absolute Gasteiger partial charge is 0.305 e. The van der Waals surface area contributed by atoms with Gasteiger partial charge in [-0.1, -0.05) is 18.2 Å². The van der Waals surface area contributed by atoms with Gasteiger partial charge in [0.05, 0.1) is 7.11 Å². The highest BCUT2D eigenvalue weighted by atomic mass is 16.5. The maximum Gasteiger partial charge on any atom is 0.305 e. The average Bonchev–Trinajstić information content (AvgIpc) is 2.90. The number of amides is 1. The van der Waals surface area contributed by atoms with Crippen molar-refractivity contribution in [2.75, 3.05) is 32.6 Å². The topological polar surface area (TPSA) is 58.6 Å². The van der Waals surface area contributed by atoms with E-state index < -0.39 is 0 Å². The molecule has 1 aromatic rings. The number of fused-ring (bicyclic) bond motifs is 1. The summed E-state index contributed by atoms with van der Waals surface area (Å²) in [4.78, 5) is 25.0. The van der Waals surface area contributed by atoms with Crippen LogP contribution in [0.1, 0.15) is 30.7 Å². The maximum atomic E-state index is 12.2. The third-order valence-electron chi connectivity index (χ3n) is 3.89. The number of carbonyl (C=O) groups is 2. The summed E-state index contributed by atoms with van der Waals surface area (Å²) < 4.78 is 4.59. The fraction of sp³-hybridized carbons (Fsp3) is 0.500. The van der Waals surface area contributed by atoms with Gasteiger partial charge in [0, 0.05) is 44.6 Å². The number of carbonyl (C=O) groups excluding carboxylic acids is 2. The summed E-state index contributed by atoms with van der Waals surface area (Å²) >= 11 is 0. The zero-order valence-corrected chi connectivity index (χ0v) is 12.6. The standard InChI is InChI=1S/C16H22N2O3/c1-18(9-5-8-16(20)21-2)15(19)10-12-11-17-14-7-4-3-6-13(12)14/h3-4,6-7,12,17H,5,8-11H2,1-2H3. The van der Waals surface area contributed by atoms with Crippen LogP contribution in [-0.4, -0.2) is 44.0 Å². The number of ether oxygens (including phenoxy) is 1. The van der Waals surface area contributed by atoms with E-state index in [1.165, 1.54) is 12.7 Å². The molecular weight excluding hydrogens is 268 g/mol. The zero-order chi connectivity index (χ0) is 15.2. The van der Waals surface area contributed by atoms with Gasteiger partial charge >= 0.3 is 5.97 Å². The van der Waals surface area contributed by atoms with Crippen molar-refractivity contribution in [3.05, 3.63) is 29.8 Å². The first-order chi connectivity index (χ1) is 10.1. The number of nitrogens with one attached hydrogen (secondary N) is 1. The number of rotatable bonds is 6. The fourth-order valence-corrected chi connectivity index (χ4v) is 2.59. The van der Waals surface area contributed by atoms with E-state index in [1.807, 2.05) is 18.2 Å². The molecule has 21 heavy (non-hydrogen) atoms. The number of hydrogen-bond donors (Lipinski definition) is 1. The molecule has 1 N–H and O–H groups in total. The Morgan fingerprint density at radius 3 is 2.90 bits per heavy atom. The second-order valence-corrected chi connectivity index (χ2v) is 5.36. The van der Waals surface area contributed by atoms with Gasteiger partial charge in [-0.2, -0.15) is 0 Å². The number of methoxy groups -OCH3 is 1. The summed E-state index contributed by atoms with van der Waals surface area (Å²) in [5.74, 6) is 0.116. The summed E-state index contributed by atoms with van der Waals surface area (Å²) in [6.45, 7) is 1.39. The normalized spacial score (nSPS) is 16.0. The van der Waals surface area contributed by atoms with Crippen LogP contribution in [0.2, 0.25) is 0 Å². The minimum atomic E-state index is -0.232. The molecular formula is C16H22N2O3. The molecule has 5 heteroatoms. The van der Waals surface area contributed by atoms with E-state index in [-0.39, 0.29) is 17.8 Å². The van der Waals surface area contributed by atoms with Crippen LogP contribution in [-0.2, 0) is 14.3 Å². The maximum absolute atomic E-state index is 12.2. The molecule has 0 bridgehead atoms. The molecule has 0 spiro atoms. The molecule has 1 amide bonds. The van der Waals surface area contributed by atoms with Crippen molar-refractivity contribution in [2.45, 2.75) is 25.2 Å². The van der Waals surface area contributed by atoms with Gasteiger partial charge in [0.25, 0.3) is 0 Å². The van der Waals surface area contributed by atoms with Gasteiger partial charge in [0.15, 0.2) is 0 Å². The molecule has 0 fully saturated rings. The highest BCUT2D eigenvalue weighted by Crippen LogP contribution is 2.33. The molecule has 1 atom stereocenters. The predicted octanol–water partition coefficient (Wildman–Crippen LogP) is 2.00. The lowest BCUT2D eigenvalue weighted by atomic mass is 9.97. The summed E-state index contributed by atoms with van der Waals surface area (Å²) in [5.41, 5.74) is 2.34. The number of nitrogens with zero attached hydrogens (tertiary/aromatic N) is 1. The molecule has 1 heterocycles. The van der Waals surface area contributed by atoms with Crippen molar-refractivity contribution in [1.29, 1.82) is 0 Å². The Bertz CT molecular complexity index is 516. The molecule has 0 aliphatic carbocycles. The van der Waals surface area contributed by atoms with Gasteiger partial charge in [-0.15, -0.1) is 0 Å². The molecule has 1 aliphatic heterocycles. The molecule has 114 valence electrons. The van der Waals surface area contributed by atoms with Crippen molar-refractivity contribution < 1.29 is 14.3 Å². The monoisotopic (exact) mass is 290 g/mol. The van der Waals surface area contributed by atoms with Crippen molar-refractivity contribution in [2.24, 2.45) is 0 Å². The van der Waals surface area contributed by atoms with Gasteiger partial charge in [0.1, 0.15) is 0 Å². The van der Waals surface area contributed by atoms with Crippen LogP contribution in [0.4, 0.5) is 5.69 Å². The second-order valence-electron chi connectivity index (χ2n) is 5.36. The van der Waals surface area contributed by atoms with Crippen molar-refractivity contribution in [1.82, 2.24) is 4.90 Å². The minimum absolute atomic E-state index is 0.114. The summed E-state index contributed by atoms with van der Waals surface area (Å²) in [6.07, 6.45) is 1.48. The van der Waals surface area contributed by atoms with Gasteiger partial charge in [0.2, 0.25) is 5.91 Å². The third-order valence-corrected chi connectivity index (χ3v) is 3.89. The van der Waals surface area contributed by atoms with Crippen LogP contribution in [0, 0.1) is 0 Å². The highest BCUT2D eigenvalue weighted by molar-refractivity contribution is 5.78. The quantitative estimate of drug-likeness (QED) is 0.814. The van der Waals surface area contributed by atoms with Gasteiger partial charge in [-0.25, -0.2) is 0 Å². The molecule has 2 rings (SSSR count). The Labute approximate surface area is 125 Å². The molecule has 1 aliphatic rings. The first-order valence-corrected chi connectivity index (χ1v) is 7.25. The summed E-state index contributed by atoms with van der Waals surface area (Å²) in [6, 6.07) is 8.11. The molecule has 0 aromatic heterocycles. The predicted molar refractivity (Wildman–Crippen MR) is 81.2 cm³/mol. The number of para-hydroxylation sites is 1. The van der Waals surface area contributed by atoms with Crippen LogP contribution >= 0.6 is 0 Å². The number of anilines is 1. The lowest BCUT2D eigenvalue weighted by Crippen LogP contribution is -2.29. The van der Waals surface area contributed by atoms with Crippen LogP contribution in [0.25, 0.3) is 0 Å². The van der Waals surface area contributed by atoms with Crippen molar-refractivity contribution >= 4 is 17.6 Å². The average molecular weight is 290 g/mol. The molecule has 0 radical (unpaired) electrons. The second kappa shape index (κ2) is 7.11. The highest BCUT2D eigenvalue weighted by Gasteiger charge is 2.25. The Hall–Kier alpha value is -2.04. The van der Waals surface area contributed by atoms with Crippen molar-refractivity contribution in [3.8, 4) is 0 Å². The SMILES string of the molecule is COC(=O)CCCN(C)C(=O)CC1CNc2ccccc21. The Morgan fingerprint density at radius 1 is 1.38 bits per heavy atom. The van der Waals surface area contributed by atoms with E-state index in [0.717, 1.165) is 12.2 Å². The van der Waals surface area contributed by atoms with E-state index in [2.05, 4.69) is 16.1 Å². The summed E-state index contributed by atoms with van der Waals surface area (Å²) in [5, 5.41) is 3.33. The van der Waals surface area contributed by atoms with E-state index in [9.17, 15) is 9.59 Å². The molecule has 1 unspecified atom stereocenters. The summed E-state index contributed by atoms with van der Waals surface area (Å²) in [7, 11) is 3.16. The zero-order valence-electron chi connectivity index (χ0n) is 12.6. The van der Waals surface area contributed by atoms with Crippen LogP contribution in [0.3, 0.4) is 0 Å². The van der Waals surface area contributed by atoms with Gasteiger partial charge in [-0.05, 0) is 18.1 Å². The van der Waals surface area contributed by atoms with E-state index >= 15 is 0 Å². The van der Waals surface area contributed by atoms with E-state index in [0.29, 0.717) is 25.8 Å². The number of hydrogen-bond acceptors (Lipinski definition) is 4. The molecule has 5 nitrogen and oxygen atoms in total. The minimum Gasteiger partial charge on any atom is -0.469 e. The van der Waals surface area contributed by atoms with Crippen LogP contribution < -0.4 is 5.32 Å². The number of esters is 1. The van der Waals surface area contributed by atoms with E-state index in [4.69, 9.17) is 0 Å². The van der Waals surface area contributed by atoms with Crippen LogP contribution in [0.5, 0.6) is 0 Å².